The van der Waals surface area contributed by atoms with Gasteiger partial charge in [-0.15, -0.1) is 0 Å². The Morgan fingerprint density at radius 3 is 2.53 bits per heavy atom. The van der Waals surface area contributed by atoms with Crippen LogP contribution in [0.3, 0.4) is 0 Å². The van der Waals surface area contributed by atoms with Gasteiger partial charge in [0.2, 0.25) is 0 Å². The van der Waals surface area contributed by atoms with Gasteiger partial charge in [0, 0.05) is 30.8 Å². The summed E-state index contributed by atoms with van der Waals surface area (Å²) in [5.41, 5.74) is 3.95. The van der Waals surface area contributed by atoms with Gasteiger partial charge in [0.05, 0.1) is 19.3 Å². The molecular formula is C27H30N2O3. The Kier molecular flexibility index (Phi) is 7.54. The van der Waals surface area contributed by atoms with Crippen LogP contribution < -0.4 is 10.1 Å². The molecule has 5 heteroatoms. The molecule has 1 unspecified atom stereocenters. The number of nitrogens with one attached hydrogen (secondary N) is 1. The second-order valence-electron chi connectivity index (χ2n) is 8.05. The molecule has 166 valence electrons. The SMILES string of the molecule is Cc1cccc(C(CNC(=O)c2ccccc2COc2ccccc2)N2CCOCC2)c1. The first-order valence-electron chi connectivity index (χ1n) is 11.1. The van der Waals surface area contributed by atoms with E-state index in [1.54, 1.807) is 0 Å². The zero-order valence-corrected chi connectivity index (χ0v) is 18.5. The second-order valence-corrected chi connectivity index (χ2v) is 8.05. The molecule has 32 heavy (non-hydrogen) atoms. The van der Waals surface area contributed by atoms with Gasteiger partial charge in [0.15, 0.2) is 0 Å². The number of hydrogen-bond donors (Lipinski definition) is 1. The van der Waals surface area contributed by atoms with Crippen LogP contribution in [-0.4, -0.2) is 43.7 Å². The lowest BCUT2D eigenvalue weighted by atomic mass is 10.0. The van der Waals surface area contributed by atoms with Gasteiger partial charge in [-0.1, -0.05) is 66.2 Å². The molecule has 0 radical (unpaired) electrons. The molecule has 4 rings (SSSR count). The third-order valence-electron chi connectivity index (χ3n) is 5.77. The average molecular weight is 431 g/mol. The van der Waals surface area contributed by atoms with Gasteiger partial charge < -0.3 is 14.8 Å². The quantitative estimate of drug-likeness (QED) is 0.576. The van der Waals surface area contributed by atoms with Crippen molar-refractivity contribution >= 4 is 5.91 Å². The van der Waals surface area contributed by atoms with Crippen LogP contribution in [0.15, 0.2) is 78.9 Å². The molecule has 0 saturated carbocycles. The maximum absolute atomic E-state index is 13.2. The van der Waals surface area contributed by atoms with Gasteiger partial charge >= 0.3 is 0 Å². The van der Waals surface area contributed by atoms with Crippen LogP contribution >= 0.6 is 0 Å². The normalized spacial score (nSPS) is 15.2. The van der Waals surface area contributed by atoms with Crippen molar-refractivity contribution in [1.29, 1.82) is 0 Å². The lowest BCUT2D eigenvalue weighted by Crippen LogP contribution is -2.44. The number of amides is 1. The zero-order valence-electron chi connectivity index (χ0n) is 18.5. The summed E-state index contributed by atoms with van der Waals surface area (Å²) in [4.78, 5) is 15.5. The summed E-state index contributed by atoms with van der Waals surface area (Å²) in [5.74, 6) is 0.706. The van der Waals surface area contributed by atoms with Gasteiger partial charge in [-0.05, 0) is 30.7 Å². The fourth-order valence-corrected chi connectivity index (χ4v) is 4.05. The molecule has 0 spiro atoms. The highest BCUT2D eigenvalue weighted by atomic mass is 16.5. The topological polar surface area (TPSA) is 50.8 Å². The van der Waals surface area contributed by atoms with Crippen LogP contribution in [0.5, 0.6) is 5.75 Å². The zero-order chi connectivity index (χ0) is 22.2. The largest absolute Gasteiger partial charge is 0.489 e. The highest BCUT2D eigenvalue weighted by Crippen LogP contribution is 2.23. The predicted molar refractivity (Wildman–Crippen MR) is 126 cm³/mol. The first-order valence-corrected chi connectivity index (χ1v) is 11.1. The first kappa shape index (κ1) is 22.1. The Labute approximate surface area is 190 Å². The molecule has 1 saturated heterocycles. The molecule has 5 nitrogen and oxygen atoms in total. The number of para-hydroxylation sites is 1. The van der Waals surface area contributed by atoms with E-state index >= 15 is 0 Å². The summed E-state index contributed by atoms with van der Waals surface area (Å²) in [6.45, 7) is 6.13. The molecule has 1 aliphatic rings. The Balaban J connectivity index is 1.46. The van der Waals surface area contributed by atoms with Crippen molar-refractivity contribution < 1.29 is 14.3 Å². The van der Waals surface area contributed by atoms with E-state index in [2.05, 4.69) is 41.4 Å². The molecule has 0 bridgehead atoms. The van der Waals surface area contributed by atoms with Gasteiger partial charge in [0.1, 0.15) is 12.4 Å². The van der Waals surface area contributed by atoms with E-state index in [1.165, 1.54) is 11.1 Å². The molecule has 3 aromatic rings. The van der Waals surface area contributed by atoms with Crippen molar-refractivity contribution in [2.45, 2.75) is 19.6 Å². The van der Waals surface area contributed by atoms with Gasteiger partial charge in [-0.25, -0.2) is 0 Å². The highest BCUT2D eigenvalue weighted by molar-refractivity contribution is 5.95. The number of nitrogens with zero attached hydrogens (tertiary/aromatic N) is 1. The Morgan fingerprint density at radius 1 is 1.00 bits per heavy atom. The summed E-state index contributed by atoms with van der Waals surface area (Å²) in [6.07, 6.45) is 0. The minimum absolute atomic E-state index is 0.0804. The number of aryl methyl sites for hydroxylation is 1. The minimum atomic E-state index is -0.0804. The molecule has 1 atom stereocenters. The van der Waals surface area contributed by atoms with Crippen LogP contribution in [0.4, 0.5) is 0 Å². The predicted octanol–water partition coefficient (Wildman–Crippen LogP) is 4.38. The van der Waals surface area contributed by atoms with E-state index in [0.29, 0.717) is 18.7 Å². The van der Waals surface area contributed by atoms with Crippen molar-refractivity contribution in [3.8, 4) is 5.75 Å². The molecule has 1 fully saturated rings. The third-order valence-corrected chi connectivity index (χ3v) is 5.77. The number of rotatable bonds is 8. The van der Waals surface area contributed by atoms with Crippen molar-refractivity contribution in [1.82, 2.24) is 10.2 Å². The van der Waals surface area contributed by atoms with Crippen molar-refractivity contribution in [2.75, 3.05) is 32.8 Å². The monoisotopic (exact) mass is 430 g/mol. The van der Waals surface area contributed by atoms with E-state index < -0.39 is 0 Å². The van der Waals surface area contributed by atoms with Gasteiger partial charge in [0.25, 0.3) is 5.91 Å². The molecule has 0 aliphatic carbocycles. The van der Waals surface area contributed by atoms with E-state index in [0.717, 1.165) is 37.6 Å². The van der Waals surface area contributed by atoms with Crippen molar-refractivity contribution in [3.63, 3.8) is 0 Å². The number of benzene rings is 3. The summed E-state index contributed by atoms with van der Waals surface area (Å²) in [7, 11) is 0. The molecule has 1 amide bonds. The summed E-state index contributed by atoms with van der Waals surface area (Å²) >= 11 is 0. The Morgan fingerprint density at radius 2 is 1.75 bits per heavy atom. The second kappa shape index (κ2) is 10.9. The maximum atomic E-state index is 13.2. The van der Waals surface area contributed by atoms with E-state index in [1.807, 2.05) is 54.6 Å². The van der Waals surface area contributed by atoms with Crippen LogP contribution in [0.1, 0.15) is 33.1 Å². The smallest absolute Gasteiger partial charge is 0.251 e. The summed E-state index contributed by atoms with van der Waals surface area (Å²) in [5, 5.41) is 3.18. The molecule has 0 aromatic heterocycles. The van der Waals surface area contributed by atoms with Gasteiger partial charge in [-0.3, -0.25) is 9.69 Å². The lowest BCUT2D eigenvalue weighted by molar-refractivity contribution is 0.0162. The Bertz CT molecular complexity index is 1020. The highest BCUT2D eigenvalue weighted by Gasteiger charge is 2.24. The van der Waals surface area contributed by atoms with Crippen molar-refractivity contribution in [3.05, 3.63) is 101 Å². The van der Waals surface area contributed by atoms with Crippen LogP contribution in [0.2, 0.25) is 0 Å². The van der Waals surface area contributed by atoms with Crippen LogP contribution in [0, 0.1) is 6.92 Å². The molecule has 1 N–H and O–H groups in total. The first-order chi connectivity index (χ1) is 15.7. The fraction of sp³-hybridized carbons (Fsp3) is 0.296. The average Bonchev–Trinajstić information content (AvgIpc) is 2.84. The number of ether oxygens (including phenoxy) is 2. The van der Waals surface area contributed by atoms with Crippen molar-refractivity contribution in [2.24, 2.45) is 0 Å². The fourth-order valence-electron chi connectivity index (χ4n) is 4.05. The maximum Gasteiger partial charge on any atom is 0.251 e. The number of morpholine rings is 1. The molecule has 3 aromatic carbocycles. The third kappa shape index (κ3) is 5.75. The Hall–Kier alpha value is -3.15. The summed E-state index contributed by atoms with van der Waals surface area (Å²) < 4.78 is 11.4. The number of carbonyl (C=O) groups is 1. The van der Waals surface area contributed by atoms with E-state index in [4.69, 9.17) is 9.47 Å². The van der Waals surface area contributed by atoms with E-state index in [-0.39, 0.29) is 11.9 Å². The lowest BCUT2D eigenvalue weighted by Gasteiger charge is -2.35. The standard InChI is InChI=1S/C27H30N2O3/c1-21-8-7-10-22(18-21)26(29-14-16-31-17-15-29)19-28-27(30)25-13-6-5-9-23(25)20-32-24-11-3-2-4-12-24/h2-13,18,26H,14-17,19-20H2,1H3,(H,28,30). The van der Waals surface area contributed by atoms with Crippen LogP contribution in [0.25, 0.3) is 0 Å². The van der Waals surface area contributed by atoms with Crippen LogP contribution in [-0.2, 0) is 11.3 Å². The summed E-state index contributed by atoms with van der Waals surface area (Å²) in [6, 6.07) is 25.9. The van der Waals surface area contributed by atoms with E-state index in [9.17, 15) is 4.79 Å². The molecule has 1 aliphatic heterocycles. The molecule has 1 heterocycles. The molecular weight excluding hydrogens is 400 g/mol. The minimum Gasteiger partial charge on any atom is -0.489 e. The number of carbonyl (C=O) groups excluding carboxylic acids is 1. The number of hydrogen-bond acceptors (Lipinski definition) is 4. The van der Waals surface area contributed by atoms with Gasteiger partial charge in [-0.2, -0.15) is 0 Å².